The molecule has 0 radical (unpaired) electrons. The van der Waals surface area contributed by atoms with Gasteiger partial charge in [0.1, 0.15) is 0 Å². The lowest BCUT2D eigenvalue weighted by atomic mass is 10.1. The topological polar surface area (TPSA) is 47.6 Å². The van der Waals surface area contributed by atoms with Crippen molar-refractivity contribution in [1.82, 2.24) is 5.32 Å². The van der Waals surface area contributed by atoms with Crippen molar-refractivity contribution >= 4 is 17.5 Å². The number of nitrogens with one attached hydrogen (secondary N) is 1. The van der Waals surface area contributed by atoms with Gasteiger partial charge in [0.2, 0.25) is 0 Å². The SMILES string of the molecule is O=C(NCC#Cc1cccc(C(F)(F)F)c1)c1cc(Cl)c2c(c1)OCCCO2. The molecular weight excluding hydrogens is 395 g/mol. The van der Waals surface area contributed by atoms with E-state index in [0.717, 1.165) is 12.1 Å². The molecule has 146 valence electrons. The smallest absolute Gasteiger partial charge is 0.416 e. The third-order valence-electron chi connectivity index (χ3n) is 3.82. The summed E-state index contributed by atoms with van der Waals surface area (Å²) in [6.07, 6.45) is -3.72. The number of fused-ring (bicyclic) bond motifs is 1. The molecule has 1 N–H and O–H groups in total. The molecule has 2 aromatic rings. The molecule has 3 rings (SSSR count). The predicted molar refractivity (Wildman–Crippen MR) is 97.7 cm³/mol. The summed E-state index contributed by atoms with van der Waals surface area (Å²) in [5.74, 6) is 5.59. The highest BCUT2D eigenvalue weighted by atomic mass is 35.5. The number of benzene rings is 2. The highest BCUT2D eigenvalue weighted by Crippen LogP contribution is 2.38. The van der Waals surface area contributed by atoms with Crippen molar-refractivity contribution in [2.75, 3.05) is 19.8 Å². The molecule has 0 saturated heterocycles. The minimum atomic E-state index is -4.43. The van der Waals surface area contributed by atoms with Gasteiger partial charge >= 0.3 is 6.18 Å². The maximum absolute atomic E-state index is 12.7. The van der Waals surface area contributed by atoms with E-state index in [1.54, 1.807) is 0 Å². The Morgan fingerprint density at radius 2 is 1.96 bits per heavy atom. The first-order chi connectivity index (χ1) is 13.3. The van der Waals surface area contributed by atoms with Gasteiger partial charge in [-0.1, -0.05) is 29.5 Å². The molecule has 0 bridgehead atoms. The van der Waals surface area contributed by atoms with Crippen molar-refractivity contribution in [2.24, 2.45) is 0 Å². The van der Waals surface area contributed by atoms with Gasteiger partial charge in [0.15, 0.2) is 11.5 Å². The Morgan fingerprint density at radius 3 is 2.75 bits per heavy atom. The van der Waals surface area contributed by atoms with E-state index in [4.69, 9.17) is 21.1 Å². The summed E-state index contributed by atoms with van der Waals surface area (Å²) < 4.78 is 49.1. The second-order valence-corrected chi connectivity index (χ2v) is 6.31. The molecule has 0 saturated carbocycles. The van der Waals surface area contributed by atoms with Gasteiger partial charge in [-0.25, -0.2) is 0 Å². The highest BCUT2D eigenvalue weighted by molar-refractivity contribution is 6.32. The van der Waals surface area contributed by atoms with Crippen LogP contribution in [0.2, 0.25) is 5.02 Å². The van der Waals surface area contributed by atoms with Gasteiger partial charge in [-0.05, 0) is 30.3 Å². The lowest BCUT2D eigenvalue weighted by Crippen LogP contribution is -2.23. The minimum Gasteiger partial charge on any atom is -0.489 e. The Labute approximate surface area is 164 Å². The average Bonchev–Trinajstić information content (AvgIpc) is 2.90. The molecule has 0 aromatic heterocycles. The van der Waals surface area contributed by atoms with Crippen LogP contribution in [0.3, 0.4) is 0 Å². The van der Waals surface area contributed by atoms with Crippen LogP contribution in [0.4, 0.5) is 13.2 Å². The highest BCUT2D eigenvalue weighted by Gasteiger charge is 2.30. The molecule has 1 heterocycles. The Kier molecular flexibility index (Phi) is 6.00. The number of amides is 1. The lowest BCUT2D eigenvalue weighted by Gasteiger charge is -2.11. The van der Waals surface area contributed by atoms with E-state index in [9.17, 15) is 18.0 Å². The van der Waals surface area contributed by atoms with Crippen LogP contribution in [-0.2, 0) is 6.18 Å². The first-order valence-electron chi connectivity index (χ1n) is 8.38. The van der Waals surface area contributed by atoms with Crippen LogP contribution in [0.25, 0.3) is 0 Å². The number of ether oxygens (including phenoxy) is 2. The van der Waals surface area contributed by atoms with Gasteiger partial charge in [-0.15, -0.1) is 0 Å². The quantitative estimate of drug-likeness (QED) is 0.752. The van der Waals surface area contributed by atoms with Crippen LogP contribution in [-0.4, -0.2) is 25.7 Å². The van der Waals surface area contributed by atoms with Crippen molar-refractivity contribution < 1.29 is 27.4 Å². The van der Waals surface area contributed by atoms with Crippen LogP contribution >= 0.6 is 11.6 Å². The third kappa shape index (κ3) is 4.90. The van der Waals surface area contributed by atoms with Gasteiger partial charge < -0.3 is 14.8 Å². The zero-order chi connectivity index (χ0) is 20.1. The molecule has 2 aromatic carbocycles. The summed E-state index contributed by atoms with van der Waals surface area (Å²) in [5.41, 5.74) is -0.289. The molecule has 0 unspecified atom stereocenters. The number of carbonyl (C=O) groups excluding carboxylic acids is 1. The molecule has 8 heteroatoms. The summed E-state index contributed by atoms with van der Waals surface area (Å²) in [5, 5.41) is 2.84. The van der Waals surface area contributed by atoms with E-state index < -0.39 is 17.6 Å². The number of halogens is 4. The van der Waals surface area contributed by atoms with Gasteiger partial charge in [0, 0.05) is 17.5 Å². The zero-order valence-electron chi connectivity index (χ0n) is 14.5. The first kappa shape index (κ1) is 19.9. The summed E-state index contributed by atoms with van der Waals surface area (Å²) >= 11 is 6.15. The number of rotatable bonds is 2. The van der Waals surface area contributed by atoms with Crippen molar-refractivity contribution in [2.45, 2.75) is 12.6 Å². The van der Waals surface area contributed by atoms with E-state index in [0.29, 0.717) is 31.1 Å². The van der Waals surface area contributed by atoms with Crippen LogP contribution in [0, 0.1) is 11.8 Å². The molecule has 0 aliphatic carbocycles. The van der Waals surface area contributed by atoms with E-state index in [2.05, 4.69) is 17.2 Å². The molecule has 1 aliphatic rings. The fourth-order valence-electron chi connectivity index (χ4n) is 2.51. The Balaban J connectivity index is 1.65. The van der Waals surface area contributed by atoms with Crippen LogP contribution in [0.15, 0.2) is 36.4 Å². The molecule has 1 aliphatic heterocycles. The van der Waals surface area contributed by atoms with Crippen molar-refractivity contribution in [3.05, 3.63) is 58.1 Å². The average molecular weight is 410 g/mol. The van der Waals surface area contributed by atoms with E-state index >= 15 is 0 Å². The Bertz CT molecular complexity index is 948. The maximum Gasteiger partial charge on any atom is 0.416 e. The minimum absolute atomic E-state index is 0.0405. The second kappa shape index (κ2) is 8.44. The van der Waals surface area contributed by atoms with Crippen LogP contribution in [0.5, 0.6) is 11.5 Å². The van der Waals surface area contributed by atoms with Crippen molar-refractivity contribution in [3.63, 3.8) is 0 Å². The Hall–Kier alpha value is -2.85. The number of hydrogen-bond donors (Lipinski definition) is 1. The normalized spacial score (nSPS) is 13.1. The largest absolute Gasteiger partial charge is 0.489 e. The summed E-state index contributed by atoms with van der Waals surface area (Å²) in [6, 6.07) is 7.67. The fourth-order valence-corrected chi connectivity index (χ4v) is 2.77. The number of alkyl halides is 3. The third-order valence-corrected chi connectivity index (χ3v) is 4.11. The van der Waals surface area contributed by atoms with Gasteiger partial charge in [0.05, 0.1) is 30.3 Å². The van der Waals surface area contributed by atoms with E-state index in [1.165, 1.54) is 24.3 Å². The molecule has 4 nitrogen and oxygen atoms in total. The van der Waals surface area contributed by atoms with Crippen molar-refractivity contribution in [1.29, 1.82) is 0 Å². The van der Waals surface area contributed by atoms with Gasteiger partial charge in [0.25, 0.3) is 5.91 Å². The first-order valence-corrected chi connectivity index (χ1v) is 8.76. The maximum atomic E-state index is 12.7. The summed E-state index contributed by atoms with van der Waals surface area (Å²) in [6.45, 7) is 0.890. The van der Waals surface area contributed by atoms with Gasteiger partial charge in [-0.3, -0.25) is 4.79 Å². The lowest BCUT2D eigenvalue weighted by molar-refractivity contribution is -0.137. The van der Waals surface area contributed by atoms with Crippen molar-refractivity contribution in [3.8, 4) is 23.3 Å². The molecule has 0 atom stereocenters. The van der Waals surface area contributed by atoms with Crippen LogP contribution in [0.1, 0.15) is 27.9 Å². The van der Waals surface area contributed by atoms with Gasteiger partial charge in [-0.2, -0.15) is 13.2 Å². The summed E-state index contributed by atoms with van der Waals surface area (Å²) in [4.78, 5) is 12.3. The number of carbonyl (C=O) groups is 1. The Morgan fingerprint density at radius 1 is 1.18 bits per heavy atom. The summed E-state index contributed by atoms with van der Waals surface area (Å²) in [7, 11) is 0. The van der Waals surface area contributed by atoms with Crippen LogP contribution < -0.4 is 14.8 Å². The molecular formula is C20H15ClF3NO3. The van der Waals surface area contributed by atoms with E-state index in [-0.39, 0.29) is 22.7 Å². The standard InChI is InChI=1S/C20H15ClF3NO3/c21-16-11-14(12-17-18(16)28-9-3-8-27-17)19(26)25-7-2-5-13-4-1-6-15(10-13)20(22,23)24/h1,4,6,10-12H,3,7-9H2,(H,25,26). The van der Waals surface area contributed by atoms with E-state index in [1.807, 2.05) is 0 Å². The molecule has 1 amide bonds. The monoisotopic (exact) mass is 409 g/mol. The molecule has 0 spiro atoms. The molecule has 0 fully saturated rings. The number of hydrogen-bond acceptors (Lipinski definition) is 3. The fraction of sp³-hybridized carbons (Fsp3) is 0.250. The predicted octanol–water partition coefficient (Wildman–Crippen LogP) is 4.30. The molecule has 28 heavy (non-hydrogen) atoms. The second-order valence-electron chi connectivity index (χ2n) is 5.90. The zero-order valence-corrected chi connectivity index (χ0v) is 15.3.